The Morgan fingerprint density at radius 2 is 1.83 bits per heavy atom. The van der Waals surface area contributed by atoms with Gasteiger partial charge in [0.2, 0.25) is 11.8 Å². The lowest BCUT2D eigenvalue weighted by molar-refractivity contribution is -0.119. The highest BCUT2D eigenvalue weighted by atomic mass is 16.5. The first-order valence-corrected chi connectivity index (χ1v) is 10.1. The van der Waals surface area contributed by atoms with Crippen LogP contribution in [0.3, 0.4) is 0 Å². The van der Waals surface area contributed by atoms with E-state index in [9.17, 15) is 14.4 Å². The fourth-order valence-electron chi connectivity index (χ4n) is 3.10. The van der Waals surface area contributed by atoms with Gasteiger partial charge in [-0.25, -0.2) is 0 Å². The van der Waals surface area contributed by atoms with E-state index >= 15 is 0 Å². The summed E-state index contributed by atoms with van der Waals surface area (Å²) in [5.41, 5.74) is 2.96. The Kier molecular flexibility index (Phi) is 6.72. The van der Waals surface area contributed by atoms with Crippen molar-refractivity contribution in [3.05, 3.63) is 48.0 Å². The van der Waals surface area contributed by atoms with Crippen LogP contribution in [-0.2, 0) is 14.4 Å². The SMILES string of the molecule is Cc1ccc(NC(=O)C(C)C)cc1NC(=O)COc1ccc(N2CCCC2=O)cc1. The van der Waals surface area contributed by atoms with Crippen LogP contribution >= 0.6 is 0 Å². The second-order valence-electron chi connectivity index (χ2n) is 7.65. The van der Waals surface area contributed by atoms with Crippen molar-refractivity contribution in [3.8, 4) is 5.75 Å². The Morgan fingerprint density at radius 3 is 2.47 bits per heavy atom. The van der Waals surface area contributed by atoms with Crippen molar-refractivity contribution in [2.75, 3.05) is 28.7 Å². The summed E-state index contributed by atoms with van der Waals surface area (Å²) in [6, 6.07) is 12.5. The molecule has 2 aromatic carbocycles. The molecule has 3 rings (SSSR count). The summed E-state index contributed by atoms with van der Waals surface area (Å²) in [4.78, 5) is 37.8. The van der Waals surface area contributed by atoms with E-state index in [-0.39, 0.29) is 30.2 Å². The summed E-state index contributed by atoms with van der Waals surface area (Å²) in [6.45, 7) is 6.10. The van der Waals surface area contributed by atoms with Gasteiger partial charge in [0.1, 0.15) is 5.75 Å². The smallest absolute Gasteiger partial charge is 0.262 e. The van der Waals surface area contributed by atoms with Crippen molar-refractivity contribution >= 4 is 34.8 Å². The van der Waals surface area contributed by atoms with E-state index in [0.29, 0.717) is 23.5 Å². The quantitative estimate of drug-likeness (QED) is 0.729. The fourth-order valence-corrected chi connectivity index (χ4v) is 3.10. The van der Waals surface area contributed by atoms with E-state index in [4.69, 9.17) is 4.74 Å². The van der Waals surface area contributed by atoms with E-state index in [1.54, 1.807) is 29.2 Å². The van der Waals surface area contributed by atoms with Crippen LogP contribution in [-0.4, -0.2) is 30.9 Å². The molecule has 2 aromatic rings. The van der Waals surface area contributed by atoms with Gasteiger partial charge in [0.15, 0.2) is 6.61 Å². The highest BCUT2D eigenvalue weighted by molar-refractivity contribution is 5.96. The molecule has 0 unspecified atom stereocenters. The van der Waals surface area contributed by atoms with Gasteiger partial charge in [0.25, 0.3) is 5.91 Å². The number of ether oxygens (including phenoxy) is 1. The minimum absolute atomic E-state index is 0.0847. The standard InChI is InChI=1S/C23H27N3O4/c1-15(2)23(29)24-17-7-6-16(3)20(13-17)25-21(27)14-30-19-10-8-18(9-11-19)26-12-4-5-22(26)28/h6-11,13,15H,4-5,12,14H2,1-3H3,(H,24,29)(H,25,27). The largest absolute Gasteiger partial charge is 0.484 e. The Morgan fingerprint density at radius 1 is 1.10 bits per heavy atom. The van der Waals surface area contributed by atoms with Crippen molar-refractivity contribution in [2.45, 2.75) is 33.6 Å². The van der Waals surface area contributed by atoms with Crippen LogP contribution < -0.4 is 20.3 Å². The van der Waals surface area contributed by atoms with Crippen molar-refractivity contribution in [2.24, 2.45) is 5.92 Å². The first-order valence-electron chi connectivity index (χ1n) is 10.1. The van der Waals surface area contributed by atoms with Gasteiger partial charge in [-0.15, -0.1) is 0 Å². The molecule has 2 N–H and O–H groups in total. The molecule has 7 heteroatoms. The van der Waals surface area contributed by atoms with E-state index < -0.39 is 0 Å². The molecule has 0 spiro atoms. The molecule has 0 radical (unpaired) electrons. The summed E-state index contributed by atoms with van der Waals surface area (Å²) in [5, 5.41) is 5.64. The van der Waals surface area contributed by atoms with Gasteiger partial charge in [0, 0.05) is 35.9 Å². The molecule has 1 aliphatic rings. The third-order valence-corrected chi connectivity index (χ3v) is 4.90. The number of benzene rings is 2. The molecule has 1 saturated heterocycles. The van der Waals surface area contributed by atoms with Crippen LogP contribution in [0.25, 0.3) is 0 Å². The highest BCUT2D eigenvalue weighted by Gasteiger charge is 2.21. The first-order chi connectivity index (χ1) is 14.3. The van der Waals surface area contributed by atoms with Crippen LogP contribution in [0.2, 0.25) is 0 Å². The van der Waals surface area contributed by atoms with E-state index in [0.717, 1.165) is 24.2 Å². The molecule has 0 bridgehead atoms. The van der Waals surface area contributed by atoms with Crippen LogP contribution in [0.15, 0.2) is 42.5 Å². The number of aryl methyl sites for hydroxylation is 1. The molecule has 0 saturated carbocycles. The van der Waals surface area contributed by atoms with Gasteiger partial charge >= 0.3 is 0 Å². The van der Waals surface area contributed by atoms with Crippen molar-refractivity contribution in [1.29, 1.82) is 0 Å². The third kappa shape index (κ3) is 5.37. The van der Waals surface area contributed by atoms with Gasteiger partial charge in [-0.1, -0.05) is 19.9 Å². The second kappa shape index (κ2) is 9.43. The molecule has 158 valence electrons. The van der Waals surface area contributed by atoms with Crippen molar-refractivity contribution in [3.63, 3.8) is 0 Å². The summed E-state index contributed by atoms with van der Waals surface area (Å²) in [6.07, 6.45) is 1.46. The average Bonchev–Trinajstić information content (AvgIpc) is 3.15. The minimum Gasteiger partial charge on any atom is -0.484 e. The van der Waals surface area contributed by atoms with E-state index in [1.807, 2.05) is 39.0 Å². The predicted octanol–water partition coefficient (Wildman–Crippen LogP) is 3.73. The Labute approximate surface area is 176 Å². The molecule has 7 nitrogen and oxygen atoms in total. The van der Waals surface area contributed by atoms with Crippen LogP contribution in [0, 0.1) is 12.8 Å². The van der Waals surface area contributed by atoms with E-state index in [1.165, 1.54) is 0 Å². The van der Waals surface area contributed by atoms with E-state index in [2.05, 4.69) is 10.6 Å². The normalized spacial score (nSPS) is 13.5. The summed E-state index contributed by atoms with van der Waals surface area (Å²) in [7, 11) is 0. The number of nitrogens with zero attached hydrogens (tertiary/aromatic N) is 1. The third-order valence-electron chi connectivity index (χ3n) is 4.90. The molecule has 0 aromatic heterocycles. The Hall–Kier alpha value is -3.35. The maximum atomic E-state index is 12.3. The number of amides is 3. The maximum Gasteiger partial charge on any atom is 0.262 e. The second-order valence-corrected chi connectivity index (χ2v) is 7.65. The number of anilines is 3. The van der Waals surface area contributed by atoms with Gasteiger partial charge in [-0.3, -0.25) is 14.4 Å². The molecular formula is C23H27N3O4. The van der Waals surface area contributed by atoms with Crippen molar-refractivity contribution in [1.82, 2.24) is 0 Å². The lowest BCUT2D eigenvalue weighted by Crippen LogP contribution is -2.23. The minimum atomic E-state index is -0.302. The first kappa shape index (κ1) is 21.4. The van der Waals surface area contributed by atoms with Crippen LogP contribution in [0.4, 0.5) is 17.1 Å². The number of carbonyl (C=O) groups excluding carboxylic acids is 3. The van der Waals surface area contributed by atoms with Gasteiger partial charge in [-0.2, -0.15) is 0 Å². The number of nitrogens with one attached hydrogen (secondary N) is 2. The molecular weight excluding hydrogens is 382 g/mol. The van der Waals surface area contributed by atoms with Gasteiger partial charge < -0.3 is 20.3 Å². The zero-order chi connectivity index (χ0) is 21.7. The van der Waals surface area contributed by atoms with Crippen LogP contribution in [0.1, 0.15) is 32.3 Å². The predicted molar refractivity (Wildman–Crippen MR) is 117 cm³/mol. The molecule has 1 heterocycles. The Balaban J connectivity index is 1.55. The Bertz CT molecular complexity index is 938. The maximum absolute atomic E-state index is 12.3. The monoisotopic (exact) mass is 409 g/mol. The number of hydrogen-bond donors (Lipinski definition) is 2. The number of rotatable bonds is 7. The zero-order valence-electron chi connectivity index (χ0n) is 17.5. The average molecular weight is 409 g/mol. The molecule has 0 aliphatic carbocycles. The number of carbonyl (C=O) groups is 3. The molecule has 3 amide bonds. The van der Waals surface area contributed by atoms with Crippen molar-refractivity contribution < 1.29 is 19.1 Å². The summed E-state index contributed by atoms with van der Waals surface area (Å²) >= 11 is 0. The topological polar surface area (TPSA) is 87.7 Å². The number of hydrogen-bond acceptors (Lipinski definition) is 4. The van der Waals surface area contributed by atoms with Gasteiger partial charge in [-0.05, 0) is 55.3 Å². The highest BCUT2D eigenvalue weighted by Crippen LogP contribution is 2.24. The van der Waals surface area contributed by atoms with Gasteiger partial charge in [0.05, 0.1) is 0 Å². The lowest BCUT2D eigenvalue weighted by atomic mass is 10.1. The van der Waals surface area contributed by atoms with Crippen LogP contribution in [0.5, 0.6) is 5.75 Å². The summed E-state index contributed by atoms with van der Waals surface area (Å²) < 4.78 is 5.57. The lowest BCUT2D eigenvalue weighted by Gasteiger charge is -2.16. The summed E-state index contributed by atoms with van der Waals surface area (Å²) in [5.74, 6) is 0.163. The molecule has 0 atom stereocenters. The molecule has 1 aliphatic heterocycles. The fraction of sp³-hybridized carbons (Fsp3) is 0.348. The molecule has 1 fully saturated rings. The molecule has 30 heavy (non-hydrogen) atoms. The zero-order valence-corrected chi connectivity index (χ0v) is 17.5.